The number of carboxylic acids is 1. The van der Waals surface area contributed by atoms with Crippen LogP contribution >= 0.6 is 0 Å². The summed E-state index contributed by atoms with van der Waals surface area (Å²) in [6.07, 6.45) is 1.88. The molecule has 0 spiro atoms. The minimum absolute atomic E-state index is 0.0406. The largest absolute Gasteiger partial charge is 0.490 e. The van der Waals surface area contributed by atoms with E-state index in [1.807, 2.05) is 43.3 Å². The fourth-order valence-corrected chi connectivity index (χ4v) is 2.52. The number of ether oxygens (including phenoxy) is 1. The van der Waals surface area contributed by atoms with Gasteiger partial charge in [-0.05, 0) is 49.9 Å². The molecule has 0 aliphatic carbocycles. The monoisotopic (exact) mass is 335 g/mol. The highest BCUT2D eigenvalue weighted by atomic mass is 16.5. The van der Waals surface area contributed by atoms with Gasteiger partial charge < -0.3 is 9.84 Å². The Hall–Kier alpha value is -3.06. The second-order valence-electron chi connectivity index (χ2n) is 5.91. The SMILES string of the molecule is C=C(CCCC(C)Oc1ccccc1-c1ccc(C#N)cc1)C(=O)O. The molecule has 25 heavy (non-hydrogen) atoms. The lowest BCUT2D eigenvalue weighted by Crippen LogP contribution is -2.12. The normalized spacial score (nSPS) is 11.4. The van der Waals surface area contributed by atoms with Gasteiger partial charge in [0.05, 0.1) is 17.7 Å². The maximum atomic E-state index is 10.8. The molecule has 1 N–H and O–H groups in total. The van der Waals surface area contributed by atoms with E-state index < -0.39 is 5.97 Å². The maximum Gasteiger partial charge on any atom is 0.330 e. The molecule has 0 radical (unpaired) electrons. The first kappa shape index (κ1) is 18.3. The highest BCUT2D eigenvalue weighted by Crippen LogP contribution is 2.31. The Balaban J connectivity index is 2.03. The number of rotatable bonds is 8. The summed E-state index contributed by atoms with van der Waals surface area (Å²) in [4.78, 5) is 10.8. The standard InChI is InChI=1S/C21H21NO3/c1-15(21(23)24)6-5-7-16(2)25-20-9-4-3-8-19(20)18-12-10-17(14-22)11-13-18/h3-4,8-13,16H,1,5-7H2,2H3,(H,23,24). The van der Waals surface area contributed by atoms with E-state index in [1.54, 1.807) is 12.1 Å². The lowest BCUT2D eigenvalue weighted by Gasteiger charge is -2.17. The summed E-state index contributed by atoms with van der Waals surface area (Å²) in [7, 11) is 0. The third-order valence-electron chi connectivity index (χ3n) is 3.93. The number of nitriles is 1. The van der Waals surface area contributed by atoms with Crippen LogP contribution in [0.5, 0.6) is 5.75 Å². The van der Waals surface area contributed by atoms with Crippen LogP contribution in [0.15, 0.2) is 60.7 Å². The van der Waals surface area contributed by atoms with Gasteiger partial charge in [0.2, 0.25) is 0 Å². The molecule has 128 valence electrons. The average molecular weight is 335 g/mol. The van der Waals surface area contributed by atoms with E-state index >= 15 is 0 Å². The number of hydrogen-bond acceptors (Lipinski definition) is 3. The zero-order valence-corrected chi connectivity index (χ0v) is 14.2. The third kappa shape index (κ3) is 5.22. The Labute approximate surface area is 148 Å². The quantitative estimate of drug-likeness (QED) is 0.703. The maximum absolute atomic E-state index is 10.8. The molecular formula is C21H21NO3. The summed E-state index contributed by atoms with van der Waals surface area (Å²) in [6, 6.07) is 17.3. The van der Waals surface area contributed by atoms with E-state index in [4.69, 9.17) is 15.1 Å². The number of aliphatic carboxylic acids is 1. The van der Waals surface area contributed by atoms with Crippen molar-refractivity contribution in [3.63, 3.8) is 0 Å². The molecule has 4 nitrogen and oxygen atoms in total. The van der Waals surface area contributed by atoms with Crippen LogP contribution in [-0.4, -0.2) is 17.2 Å². The summed E-state index contributed by atoms with van der Waals surface area (Å²) in [5.74, 6) is -0.170. The number of para-hydroxylation sites is 1. The predicted octanol–water partition coefficient (Wildman–Crippen LogP) is 4.80. The van der Waals surface area contributed by atoms with Gasteiger partial charge in [-0.2, -0.15) is 5.26 Å². The Morgan fingerprint density at radius 3 is 2.56 bits per heavy atom. The van der Waals surface area contributed by atoms with E-state index in [2.05, 4.69) is 12.6 Å². The van der Waals surface area contributed by atoms with Crippen LogP contribution < -0.4 is 4.74 Å². The van der Waals surface area contributed by atoms with Gasteiger partial charge in [-0.15, -0.1) is 0 Å². The molecule has 0 aromatic heterocycles. The molecule has 0 heterocycles. The van der Waals surface area contributed by atoms with Crippen molar-refractivity contribution in [1.29, 1.82) is 5.26 Å². The van der Waals surface area contributed by atoms with Crippen molar-refractivity contribution in [2.24, 2.45) is 0 Å². The van der Waals surface area contributed by atoms with E-state index in [-0.39, 0.29) is 11.7 Å². The lowest BCUT2D eigenvalue weighted by molar-refractivity contribution is -0.132. The van der Waals surface area contributed by atoms with E-state index in [9.17, 15) is 4.79 Å². The zero-order chi connectivity index (χ0) is 18.2. The van der Waals surface area contributed by atoms with Crippen molar-refractivity contribution in [1.82, 2.24) is 0 Å². The molecule has 0 saturated heterocycles. The van der Waals surface area contributed by atoms with Crippen LogP contribution in [-0.2, 0) is 4.79 Å². The Kier molecular flexibility index (Phi) is 6.36. The van der Waals surface area contributed by atoms with Crippen molar-refractivity contribution < 1.29 is 14.6 Å². The van der Waals surface area contributed by atoms with Crippen LogP contribution in [0.3, 0.4) is 0 Å². The van der Waals surface area contributed by atoms with Gasteiger partial charge in [-0.1, -0.05) is 36.9 Å². The van der Waals surface area contributed by atoms with Gasteiger partial charge in [0, 0.05) is 11.1 Å². The molecule has 0 amide bonds. The van der Waals surface area contributed by atoms with Gasteiger partial charge in [0.25, 0.3) is 0 Å². The second-order valence-corrected chi connectivity index (χ2v) is 5.91. The van der Waals surface area contributed by atoms with Crippen LogP contribution in [0.4, 0.5) is 0 Å². The Morgan fingerprint density at radius 1 is 1.24 bits per heavy atom. The molecule has 4 heteroatoms. The van der Waals surface area contributed by atoms with E-state index in [0.717, 1.165) is 23.3 Å². The Morgan fingerprint density at radius 2 is 1.92 bits per heavy atom. The molecule has 0 bridgehead atoms. The second kappa shape index (κ2) is 8.70. The highest BCUT2D eigenvalue weighted by Gasteiger charge is 2.11. The number of carboxylic acid groups (broad SMARTS) is 1. The fraction of sp³-hybridized carbons (Fsp3) is 0.238. The molecule has 1 atom stereocenters. The molecule has 0 aliphatic heterocycles. The molecule has 0 saturated carbocycles. The summed E-state index contributed by atoms with van der Waals surface area (Å²) in [5.41, 5.74) is 2.80. The summed E-state index contributed by atoms with van der Waals surface area (Å²) in [5, 5.41) is 17.7. The fourth-order valence-electron chi connectivity index (χ4n) is 2.52. The van der Waals surface area contributed by atoms with Gasteiger partial charge in [0.15, 0.2) is 0 Å². The minimum Gasteiger partial charge on any atom is -0.490 e. The molecule has 0 aliphatic rings. The molecule has 2 aromatic rings. The van der Waals surface area contributed by atoms with Crippen LogP contribution in [0.2, 0.25) is 0 Å². The number of carbonyl (C=O) groups is 1. The first-order valence-electron chi connectivity index (χ1n) is 8.18. The smallest absolute Gasteiger partial charge is 0.330 e. The zero-order valence-electron chi connectivity index (χ0n) is 14.2. The van der Waals surface area contributed by atoms with Crippen LogP contribution in [0.25, 0.3) is 11.1 Å². The van der Waals surface area contributed by atoms with Crippen molar-refractivity contribution in [2.45, 2.75) is 32.3 Å². The highest BCUT2D eigenvalue weighted by molar-refractivity contribution is 5.85. The third-order valence-corrected chi connectivity index (χ3v) is 3.93. The summed E-state index contributed by atoms with van der Waals surface area (Å²) in [6.45, 7) is 5.51. The number of benzene rings is 2. The van der Waals surface area contributed by atoms with Crippen molar-refractivity contribution in [3.8, 4) is 22.9 Å². The summed E-state index contributed by atoms with van der Waals surface area (Å²) >= 11 is 0. The van der Waals surface area contributed by atoms with Gasteiger partial charge in [-0.25, -0.2) is 4.79 Å². The average Bonchev–Trinajstić information content (AvgIpc) is 2.62. The van der Waals surface area contributed by atoms with Crippen molar-refractivity contribution >= 4 is 5.97 Å². The van der Waals surface area contributed by atoms with Gasteiger partial charge in [-0.3, -0.25) is 0 Å². The molecule has 2 aromatic carbocycles. The van der Waals surface area contributed by atoms with Gasteiger partial charge in [0.1, 0.15) is 5.75 Å². The topological polar surface area (TPSA) is 70.3 Å². The molecule has 2 rings (SSSR count). The van der Waals surface area contributed by atoms with Gasteiger partial charge >= 0.3 is 5.97 Å². The van der Waals surface area contributed by atoms with Crippen molar-refractivity contribution in [2.75, 3.05) is 0 Å². The first-order chi connectivity index (χ1) is 12.0. The molecule has 1 unspecified atom stereocenters. The first-order valence-corrected chi connectivity index (χ1v) is 8.18. The van der Waals surface area contributed by atoms with Crippen molar-refractivity contribution in [3.05, 3.63) is 66.2 Å². The number of hydrogen-bond donors (Lipinski definition) is 1. The lowest BCUT2D eigenvalue weighted by atomic mass is 10.0. The summed E-state index contributed by atoms with van der Waals surface area (Å²) < 4.78 is 6.06. The van der Waals surface area contributed by atoms with E-state index in [1.165, 1.54) is 0 Å². The van der Waals surface area contributed by atoms with Crippen LogP contribution in [0.1, 0.15) is 31.7 Å². The predicted molar refractivity (Wildman–Crippen MR) is 97.3 cm³/mol. The Bertz CT molecular complexity index is 788. The van der Waals surface area contributed by atoms with Crippen LogP contribution in [0, 0.1) is 11.3 Å². The van der Waals surface area contributed by atoms with E-state index in [0.29, 0.717) is 18.4 Å². The molecular weight excluding hydrogens is 314 g/mol. The number of nitrogens with zero attached hydrogens (tertiary/aromatic N) is 1. The molecule has 0 fully saturated rings. The minimum atomic E-state index is -0.945.